The van der Waals surface area contributed by atoms with Gasteiger partial charge in [0.2, 0.25) is 5.91 Å². The lowest BCUT2D eigenvalue weighted by atomic mass is 10.1. The van der Waals surface area contributed by atoms with E-state index in [4.69, 9.17) is 4.74 Å². The summed E-state index contributed by atoms with van der Waals surface area (Å²) in [6.07, 6.45) is 0.788. The van der Waals surface area contributed by atoms with Gasteiger partial charge in [0.15, 0.2) is 0 Å². The highest BCUT2D eigenvalue weighted by atomic mass is 35.5. The molecule has 0 aliphatic rings. The molecule has 1 amide bonds. The first kappa shape index (κ1) is 17.7. The van der Waals surface area contributed by atoms with E-state index in [1.807, 2.05) is 38.2 Å². The van der Waals surface area contributed by atoms with Crippen LogP contribution in [0.3, 0.4) is 0 Å². The maximum Gasteiger partial charge on any atom is 0.236 e. The molecular formula is C14H23ClN2O2. The average molecular weight is 287 g/mol. The number of para-hydroxylation sites is 1. The van der Waals surface area contributed by atoms with E-state index in [1.165, 1.54) is 0 Å². The molecule has 108 valence electrons. The van der Waals surface area contributed by atoms with Gasteiger partial charge in [-0.25, -0.2) is 0 Å². The van der Waals surface area contributed by atoms with Gasteiger partial charge < -0.3 is 15.0 Å². The van der Waals surface area contributed by atoms with Crippen LogP contribution >= 0.6 is 12.4 Å². The van der Waals surface area contributed by atoms with Gasteiger partial charge in [-0.15, -0.1) is 12.4 Å². The normalized spacial score (nSPS) is 11.4. The topological polar surface area (TPSA) is 41.6 Å². The Kier molecular flexibility index (Phi) is 8.19. The van der Waals surface area contributed by atoms with E-state index < -0.39 is 0 Å². The van der Waals surface area contributed by atoms with Gasteiger partial charge in [0.25, 0.3) is 0 Å². The predicted molar refractivity (Wildman–Crippen MR) is 80.1 cm³/mol. The summed E-state index contributed by atoms with van der Waals surface area (Å²) in [4.78, 5) is 13.5. The van der Waals surface area contributed by atoms with Gasteiger partial charge in [-0.2, -0.15) is 0 Å². The van der Waals surface area contributed by atoms with E-state index >= 15 is 0 Å². The molecule has 1 unspecified atom stereocenters. The number of halogens is 1. The average Bonchev–Trinajstić information content (AvgIpc) is 2.38. The number of hydrogen-bond donors (Lipinski definition) is 1. The number of carbonyl (C=O) groups excluding carboxylic acids is 1. The smallest absolute Gasteiger partial charge is 0.236 e. The van der Waals surface area contributed by atoms with Crippen LogP contribution in [-0.4, -0.2) is 44.6 Å². The van der Waals surface area contributed by atoms with Gasteiger partial charge in [0.05, 0.1) is 13.7 Å². The second-order valence-corrected chi connectivity index (χ2v) is 4.40. The molecule has 0 aliphatic carbocycles. The minimum atomic E-state index is 0. The first-order chi connectivity index (χ1) is 8.60. The molecule has 0 aliphatic heterocycles. The zero-order valence-corrected chi connectivity index (χ0v) is 12.8. The first-order valence-electron chi connectivity index (χ1n) is 6.12. The largest absolute Gasteiger partial charge is 0.496 e. The molecular weight excluding hydrogens is 264 g/mol. The number of amides is 1. The Balaban J connectivity index is 0.00000324. The molecule has 0 radical (unpaired) electrons. The van der Waals surface area contributed by atoms with Crippen LogP contribution in [0.5, 0.6) is 5.75 Å². The molecule has 5 heteroatoms. The number of likely N-dealkylation sites (N-methyl/N-ethyl adjacent to an activating group) is 2. The summed E-state index contributed by atoms with van der Waals surface area (Å²) in [7, 11) is 5.27. The lowest BCUT2D eigenvalue weighted by Gasteiger charge is -2.25. The van der Waals surface area contributed by atoms with Crippen molar-refractivity contribution in [2.24, 2.45) is 0 Å². The van der Waals surface area contributed by atoms with E-state index in [-0.39, 0.29) is 24.4 Å². The molecule has 0 spiro atoms. The molecule has 1 aromatic rings. The molecule has 4 nitrogen and oxygen atoms in total. The number of nitrogens with zero attached hydrogens (tertiary/aromatic N) is 1. The standard InChI is InChI=1S/C14H22N2O2.ClH/c1-11(16(3)14(17)10-15-2)9-12-7-5-6-8-13(12)18-4;/h5-8,11,15H,9-10H2,1-4H3;1H. The molecule has 19 heavy (non-hydrogen) atoms. The van der Waals surface area contributed by atoms with Crippen LogP contribution in [0, 0.1) is 0 Å². The van der Waals surface area contributed by atoms with Gasteiger partial charge in [0, 0.05) is 13.1 Å². The van der Waals surface area contributed by atoms with E-state index in [2.05, 4.69) is 5.32 Å². The number of benzene rings is 1. The van der Waals surface area contributed by atoms with E-state index in [9.17, 15) is 4.79 Å². The Morgan fingerprint density at radius 2 is 2.05 bits per heavy atom. The fourth-order valence-electron chi connectivity index (χ4n) is 1.85. The molecule has 1 rings (SSSR count). The minimum Gasteiger partial charge on any atom is -0.496 e. The Labute approximate surface area is 121 Å². The molecule has 0 saturated carbocycles. The second-order valence-electron chi connectivity index (χ2n) is 4.40. The van der Waals surface area contributed by atoms with Crippen molar-refractivity contribution in [1.29, 1.82) is 0 Å². The molecule has 0 bridgehead atoms. The number of hydrogen-bond acceptors (Lipinski definition) is 3. The maximum absolute atomic E-state index is 11.8. The SMILES string of the molecule is CNCC(=O)N(C)C(C)Cc1ccccc1OC.Cl. The van der Waals surface area contributed by atoms with Crippen LogP contribution in [0.25, 0.3) is 0 Å². The van der Waals surface area contributed by atoms with Crippen molar-refractivity contribution in [3.05, 3.63) is 29.8 Å². The predicted octanol–water partition coefficient (Wildman–Crippen LogP) is 1.73. The van der Waals surface area contributed by atoms with E-state index in [1.54, 1.807) is 19.1 Å². The minimum absolute atomic E-state index is 0. The zero-order valence-electron chi connectivity index (χ0n) is 12.0. The molecule has 0 aromatic heterocycles. The van der Waals surface area contributed by atoms with E-state index in [0.717, 1.165) is 17.7 Å². The summed E-state index contributed by atoms with van der Waals surface area (Å²) < 4.78 is 5.32. The molecule has 1 atom stereocenters. The number of methoxy groups -OCH3 is 1. The Bertz CT molecular complexity index is 399. The van der Waals surface area contributed by atoms with Crippen molar-refractivity contribution in [2.45, 2.75) is 19.4 Å². The maximum atomic E-state index is 11.8. The second kappa shape index (κ2) is 8.77. The third-order valence-corrected chi connectivity index (χ3v) is 3.09. The Morgan fingerprint density at radius 1 is 1.42 bits per heavy atom. The zero-order chi connectivity index (χ0) is 13.5. The van der Waals surface area contributed by atoms with Crippen LogP contribution in [0.15, 0.2) is 24.3 Å². The summed E-state index contributed by atoms with van der Waals surface area (Å²) in [5.74, 6) is 0.971. The molecule has 0 fully saturated rings. The van der Waals surface area contributed by atoms with Gasteiger partial charge in [-0.1, -0.05) is 18.2 Å². The Hall–Kier alpha value is -1.26. The van der Waals surface area contributed by atoms with Gasteiger partial charge in [0.1, 0.15) is 5.75 Å². The van der Waals surface area contributed by atoms with Crippen molar-refractivity contribution in [1.82, 2.24) is 10.2 Å². The van der Waals surface area contributed by atoms with Crippen molar-refractivity contribution in [3.63, 3.8) is 0 Å². The third-order valence-electron chi connectivity index (χ3n) is 3.09. The van der Waals surface area contributed by atoms with Crippen molar-refractivity contribution < 1.29 is 9.53 Å². The summed E-state index contributed by atoms with van der Waals surface area (Å²) in [5.41, 5.74) is 1.12. The lowest BCUT2D eigenvalue weighted by molar-refractivity contribution is -0.130. The van der Waals surface area contributed by atoms with Crippen molar-refractivity contribution in [2.75, 3.05) is 27.7 Å². The molecule has 0 saturated heterocycles. The number of carbonyl (C=O) groups is 1. The summed E-state index contributed by atoms with van der Waals surface area (Å²) in [6.45, 7) is 2.41. The summed E-state index contributed by atoms with van der Waals surface area (Å²) in [6, 6.07) is 8.05. The van der Waals surface area contributed by atoms with Crippen LogP contribution in [0.4, 0.5) is 0 Å². The number of rotatable bonds is 6. The van der Waals surface area contributed by atoms with Crippen LogP contribution < -0.4 is 10.1 Å². The highest BCUT2D eigenvalue weighted by molar-refractivity contribution is 5.85. The van der Waals surface area contributed by atoms with Crippen LogP contribution in [0.1, 0.15) is 12.5 Å². The summed E-state index contributed by atoms with van der Waals surface area (Å²) >= 11 is 0. The van der Waals surface area contributed by atoms with E-state index in [0.29, 0.717) is 6.54 Å². The van der Waals surface area contributed by atoms with Gasteiger partial charge in [-0.3, -0.25) is 4.79 Å². The highest BCUT2D eigenvalue weighted by Gasteiger charge is 2.16. The lowest BCUT2D eigenvalue weighted by Crippen LogP contribution is -2.40. The van der Waals surface area contributed by atoms with Gasteiger partial charge in [-0.05, 0) is 32.0 Å². The van der Waals surface area contributed by atoms with Crippen LogP contribution in [0.2, 0.25) is 0 Å². The third kappa shape index (κ3) is 5.09. The number of ether oxygens (including phenoxy) is 1. The molecule has 1 aromatic carbocycles. The highest BCUT2D eigenvalue weighted by Crippen LogP contribution is 2.20. The fraction of sp³-hybridized carbons (Fsp3) is 0.500. The van der Waals surface area contributed by atoms with Crippen LogP contribution in [-0.2, 0) is 11.2 Å². The molecule has 0 heterocycles. The first-order valence-corrected chi connectivity index (χ1v) is 6.12. The number of nitrogens with one attached hydrogen (secondary N) is 1. The Morgan fingerprint density at radius 3 is 2.63 bits per heavy atom. The molecule has 1 N–H and O–H groups in total. The summed E-state index contributed by atoms with van der Waals surface area (Å²) in [5, 5.41) is 2.87. The monoisotopic (exact) mass is 286 g/mol. The quantitative estimate of drug-likeness (QED) is 0.866. The fourth-order valence-corrected chi connectivity index (χ4v) is 1.85. The van der Waals surface area contributed by atoms with Crippen molar-refractivity contribution >= 4 is 18.3 Å². The van der Waals surface area contributed by atoms with Crippen molar-refractivity contribution in [3.8, 4) is 5.75 Å². The van der Waals surface area contributed by atoms with Gasteiger partial charge >= 0.3 is 0 Å².